The highest BCUT2D eigenvalue weighted by Gasteiger charge is 2.55. The number of benzene rings is 1. The molecule has 1 N–H and O–H groups in total. The quantitative estimate of drug-likeness (QED) is 0.674. The van der Waals surface area contributed by atoms with Gasteiger partial charge in [-0.1, -0.05) is 18.6 Å². The van der Waals surface area contributed by atoms with Crippen LogP contribution in [0.4, 0.5) is 5.69 Å². The number of likely N-dealkylation sites (tertiary alicyclic amines) is 1. The van der Waals surface area contributed by atoms with Gasteiger partial charge in [-0.15, -0.1) is 0 Å². The smallest absolute Gasteiger partial charge is 0.311 e. The van der Waals surface area contributed by atoms with Crippen LogP contribution in [0, 0.1) is 21.4 Å². The SMILES string of the molecule is O=C(Cc1cccc([N+](=O)[O-])c1)N1C[C@@H]2CCC[C@@]2(C(=O)O)C1. The number of hydrogen-bond acceptors (Lipinski definition) is 4. The highest BCUT2D eigenvalue weighted by molar-refractivity contribution is 5.82. The van der Waals surface area contributed by atoms with Crippen LogP contribution in [-0.2, 0) is 16.0 Å². The van der Waals surface area contributed by atoms with Crippen LogP contribution in [0.3, 0.4) is 0 Å². The molecule has 122 valence electrons. The number of hydrogen-bond donors (Lipinski definition) is 1. The fourth-order valence-electron chi connectivity index (χ4n) is 3.90. The average Bonchev–Trinajstić information content (AvgIpc) is 3.05. The number of fused-ring (bicyclic) bond motifs is 1. The molecule has 0 spiro atoms. The van der Waals surface area contributed by atoms with Gasteiger partial charge in [-0.3, -0.25) is 19.7 Å². The minimum Gasteiger partial charge on any atom is -0.481 e. The Morgan fingerprint density at radius 3 is 2.87 bits per heavy atom. The van der Waals surface area contributed by atoms with Crippen LogP contribution in [0.15, 0.2) is 24.3 Å². The Hall–Kier alpha value is -2.44. The molecule has 2 aliphatic rings. The monoisotopic (exact) mass is 318 g/mol. The van der Waals surface area contributed by atoms with Gasteiger partial charge >= 0.3 is 5.97 Å². The van der Waals surface area contributed by atoms with E-state index in [1.54, 1.807) is 17.0 Å². The second-order valence-electron chi connectivity index (χ2n) is 6.43. The lowest BCUT2D eigenvalue weighted by molar-refractivity contribution is -0.384. The van der Waals surface area contributed by atoms with Gasteiger partial charge < -0.3 is 10.0 Å². The number of nitro benzene ring substituents is 1. The lowest BCUT2D eigenvalue weighted by atomic mass is 9.81. The molecular weight excluding hydrogens is 300 g/mol. The average molecular weight is 318 g/mol. The summed E-state index contributed by atoms with van der Waals surface area (Å²) < 4.78 is 0. The zero-order valence-corrected chi connectivity index (χ0v) is 12.6. The summed E-state index contributed by atoms with van der Waals surface area (Å²) in [6.07, 6.45) is 2.41. The van der Waals surface area contributed by atoms with E-state index in [1.165, 1.54) is 12.1 Å². The van der Waals surface area contributed by atoms with Gasteiger partial charge in [0, 0.05) is 25.2 Å². The number of aliphatic carboxylic acids is 1. The van der Waals surface area contributed by atoms with Gasteiger partial charge in [-0.25, -0.2) is 0 Å². The van der Waals surface area contributed by atoms with Gasteiger partial charge in [0.2, 0.25) is 5.91 Å². The minimum absolute atomic E-state index is 0.0223. The standard InChI is InChI=1S/C16H18N2O5/c19-14(8-11-3-1-5-13(7-11)18(22)23)17-9-12-4-2-6-16(12,10-17)15(20)21/h1,3,5,7,12H,2,4,6,8-10H2,(H,20,21)/t12-,16+/m0/s1. The normalized spacial score (nSPS) is 26.1. The summed E-state index contributed by atoms with van der Waals surface area (Å²) in [7, 11) is 0. The molecular formula is C16H18N2O5. The van der Waals surface area contributed by atoms with Crippen molar-refractivity contribution in [3.63, 3.8) is 0 Å². The lowest BCUT2D eigenvalue weighted by Gasteiger charge is -2.23. The van der Waals surface area contributed by atoms with E-state index in [9.17, 15) is 24.8 Å². The van der Waals surface area contributed by atoms with E-state index < -0.39 is 16.3 Å². The molecule has 2 atom stereocenters. The number of carboxylic acids is 1. The number of carboxylic acid groups (broad SMARTS) is 1. The summed E-state index contributed by atoms with van der Waals surface area (Å²) >= 11 is 0. The van der Waals surface area contributed by atoms with Gasteiger partial charge in [0.15, 0.2) is 0 Å². The predicted molar refractivity (Wildman–Crippen MR) is 80.8 cm³/mol. The second-order valence-corrected chi connectivity index (χ2v) is 6.43. The van der Waals surface area contributed by atoms with E-state index in [2.05, 4.69) is 0 Å². The second kappa shape index (κ2) is 5.64. The summed E-state index contributed by atoms with van der Waals surface area (Å²) in [5, 5.41) is 20.3. The molecule has 1 saturated heterocycles. The van der Waals surface area contributed by atoms with Crippen molar-refractivity contribution >= 4 is 17.6 Å². The minimum atomic E-state index is -0.814. The van der Waals surface area contributed by atoms with Gasteiger partial charge in [-0.2, -0.15) is 0 Å². The van der Waals surface area contributed by atoms with Crippen LogP contribution >= 0.6 is 0 Å². The Morgan fingerprint density at radius 1 is 1.43 bits per heavy atom. The van der Waals surface area contributed by atoms with Gasteiger partial charge in [0.1, 0.15) is 0 Å². The van der Waals surface area contributed by atoms with Crippen molar-refractivity contribution in [3.8, 4) is 0 Å². The zero-order chi connectivity index (χ0) is 16.6. The van der Waals surface area contributed by atoms with Crippen LogP contribution in [0.5, 0.6) is 0 Å². The van der Waals surface area contributed by atoms with Gasteiger partial charge in [0.05, 0.1) is 16.8 Å². The third-order valence-corrected chi connectivity index (χ3v) is 5.13. The lowest BCUT2D eigenvalue weighted by Crippen LogP contribution is -2.37. The Balaban J connectivity index is 1.72. The Labute approximate surface area is 133 Å². The number of rotatable bonds is 4. The molecule has 2 fully saturated rings. The summed E-state index contributed by atoms with van der Waals surface area (Å²) in [5.74, 6) is -0.958. The van der Waals surface area contributed by atoms with Crippen LogP contribution in [0.1, 0.15) is 24.8 Å². The fourth-order valence-corrected chi connectivity index (χ4v) is 3.90. The molecule has 0 aromatic heterocycles. The number of carbonyl (C=O) groups excluding carboxylic acids is 1. The van der Waals surface area contributed by atoms with Crippen molar-refractivity contribution in [1.82, 2.24) is 4.90 Å². The van der Waals surface area contributed by atoms with Crippen molar-refractivity contribution in [2.24, 2.45) is 11.3 Å². The Kier molecular flexibility index (Phi) is 3.79. The first-order valence-electron chi connectivity index (χ1n) is 7.67. The Bertz CT molecular complexity index is 674. The van der Waals surface area contributed by atoms with Gasteiger partial charge in [0.25, 0.3) is 5.69 Å². The van der Waals surface area contributed by atoms with E-state index in [4.69, 9.17) is 0 Å². The third-order valence-electron chi connectivity index (χ3n) is 5.13. The van der Waals surface area contributed by atoms with Crippen molar-refractivity contribution in [3.05, 3.63) is 39.9 Å². The van der Waals surface area contributed by atoms with Crippen molar-refractivity contribution < 1.29 is 19.6 Å². The summed E-state index contributed by atoms with van der Waals surface area (Å²) in [6.45, 7) is 0.723. The van der Waals surface area contributed by atoms with Gasteiger partial charge in [-0.05, 0) is 24.3 Å². The molecule has 1 aliphatic carbocycles. The molecule has 1 heterocycles. The first-order valence-corrected chi connectivity index (χ1v) is 7.67. The molecule has 7 nitrogen and oxygen atoms in total. The molecule has 23 heavy (non-hydrogen) atoms. The first-order chi connectivity index (χ1) is 10.9. The molecule has 1 saturated carbocycles. The van der Waals surface area contributed by atoms with Crippen molar-refractivity contribution in [1.29, 1.82) is 0 Å². The maximum absolute atomic E-state index is 12.5. The fraction of sp³-hybridized carbons (Fsp3) is 0.500. The van der Waals surface area contributed by atoms with Crippen molar-refractivity contribution in [2.45, 2.75) is 25.7 Å². The van der Waals surface area contributed by atoms with E-state index in [0.29, 0.717) is 18.5 Å². The largest absolute Gasteiger partial charge is 0.481 e. The highest BCUT2D eigenvalue weighted by Crippen LogP contribution is 2.48. The first kappa shape index (κ1) is 15.5. The molecule has 0 unspecified atom stereocenters. The van der Waals surface area contributed by atoms with Crippen LogP contribution < -0.4 is 0 Å². The number of amides is 1. The third kappa shape index (κ3) is 2.67. The van der Waals surface area contributed by atoms with E-state index >= 15 is 0 Å². The molecule has 1 aromatic carbocycles. The number of nitro groups is 1. The van der Waals surface area contributed by atoms with E-state index in [0.717, 1.165) is 12.8 Å². The molecule has 1 aromatic rings. The number of carbonyl (C=O) groups is 2. The van der Waals surface area contributed by atoms with Crippen molar-refractivity contribution in [2.75, 3.05) is 13.1 Å². The maximum Gasteiger partial charge on any atom is 0.311 e. The molecule has 0 bridgehead atoms. The summed E-state index contributed by atoms with van der Waals surface area (Å²) in [4.78, 5) is 36.0. The predicted octanol–water partition coefficient (Wildman–Crippen LogP) is 1.85. The Morgan fingerprint density at radius 2 is 2.22 bits per heavy atom. The zero-order valence-electron chi connectivity index (χ0n) is 12.6. The number of non-ortho nitro benzene ring substituents is 1. The topological polar surface area (TPSA) is 101 Å². The molecule has 1 aliphatic heterocycles. The van der Waals surface area contributed by atoms with E-state index in [-0.39, 0.29) is 30.5 Å². The summed E-state index contributed by atoms with van der Waals surface area (Å²) in [6, 6.07) is 6.00. The molecule has 0 radical (unpaired) electrons. The molecule has 3 rings (SSSR count). The van der Waals surface area contributed by atoms with Crippen LogP contribution in [0.2, 0.25) is 0 Å². The summed E-state index contributed by atoms with van der Waals surface area (Å²) in [5.41, 5.74) is -0.264. The highest BCUT2D eigenvalue weighted by atomic mass is 16.6. The van der Waals surface area contributed by atoms with E-state index in [1.807, 2.05) is 0 Å². The molecule has 1 amide bonds. The molecule has 7 heteroatoms. The van der Waals surface area contributed by atoms with Crippen LogP contribution in [-0.4, -0.2) is 39.9 Å². The maximum atomic E-state index is 12.5. The number of nitrogens with zero attached hydrogens (tertiary/aromatic N) is 2. The van der Waals surface area contributed by atoms with Crippen LogP contribution in [0.25, 0.3) is 0 Å².